The molecule has 0 radical (unpaired) electrons. The monoisotopic (exact) mass is 256 g/mol. The second-order valence-corrected chi connectivity index (χ2v) is 5.46. The van der Waals surface area contributed by atoms with Gasteiger partial charge in [0, 0.05) is 12.6 Å². The van der Waals surface area contributed by atoms with Crippen LogP contribution >= 0.6 is 0 Å². The number of nitriles is 1. The lowest BCUT2D eigenvalue weighted by Crippen LogP contribution is -2.49. The number of ether oxygens (including phenoxy) is 1. The quantitative estimate of drug-likeness (QED) is 0.816. The molecule has 3 rings (SSSR count). The van der Waals surface area contributed by atoms with Crippen molar-refractivity contribution >= 4 is 0 Å². The molecule has 1 saturated heterocycles. The molecule has 1 aliphatic carbocycles. The Labute approximate surface area is 114 Å². The molecule has 0 spiro atoms. The Hall–Kier alpha value is -1.37. The summed E-state index contributed by atoms with van der Waals surface area (Å²) < 4.78 is 6.03. The Morgan fingerprint density at radius 3 is 3.16 bits per heavy atom. The molecule has 3 nitrogen and oxygen atoms in total. The second-order valence-electron chi connectivity index (χ2n) is 5.46. The van der Waals surface area contributed by atoms with E-state index in [9.17, 15) is 0 Å². The zero-order valence-corrected chi connectivity index (χ0v) is 11.4. The third kappa shape index (κ3) is 2.27. The van der Waals surface area contributed by atoms with Crippen molar-refractivity contribution in [1.82, 2.24) is 4.90 Å². The highest BCUT2D eigenvalue weighted by atomic mass is 16.5. The largest absolute Gasteiger partial charge is 0.371 e. The molecule has 100 valence electrons. The summed E-state index contributed by atoms with van der Waals surface area (Å²) in [5, 5.41) is 9.07. The lowest BCUT2D eigenvalue weighted by atomic mass is 9.83. The molecule has 2 atom stereocenters. The molecule has 2 aliphatic rings. The Balaban J connectivity index is 1.93. The average molecular weight is 256 g/mol. The third-order valence-corrected chi connectivity index (χ3v) is 4.30. The molecule has 0 unspecified atom stereocenters. The van der Waals surface area contributed by atoms with Gasteiger partial charge in [0.25, 0.3) is 0 Å². The standard InChI is InChI=1S/C16H20N2O/c1-2-7-18-8-9-19-16-14-10-12(11-17)3-4-13(14)5-6-15(16)18/h3-4,10,15-16H,2,5-9H2,1H3/t15-,16-/m1/s1. The lowest BCUT2D eigenvalue weighted by molar-refractivity contribution is -0.0801. The van der Waals surface area contributed by atoms with Crippen LogP contribution in [0.5, 0.6) is 0 Å². The molecular formula is C16H20N2O. The zero-order valence-electron chi connectivity index (χ0n) is 11.4. The van der Waals surface area contributed by atoms with Crippen LogP contribution in [0.2, 0.25) is 0 Å². The smallest absolute Gasteiger partial charge is 0.0991 e. The van der Waals surface area contributed by atoms with Crippen LogP contribution in [0.1, 0.15) is 42.6 Å². The van der Waals surface area contributed by atoms with Crippen LogP contribution in [0.25, 0.3) is 0 Å². The Morgan fingerprint density at radius 2 is 2.37 bits per heavy atom. The third-order valence-electron chi connectivity index (χ3n) is 4.30. The van der Waals surface area contributed by atoms with Gasteiger partial charge in [-0.2, -0.15) is 5.26 Å². The summed E-state index contributed by atoms with van der Waals surface area (Å²) in [6.45, 7) is 5.23. The molecule has 0 amide bonds. The second kappa shape index (κ2) is 5.32. The van der Waals surface area contributed by atoms with Crippen molar-refractivity contribution in [3.8, 4) is 6.07 Å². The topological polar surface area (TPSA) is 36.3 Å². The van der Waals surface area contributed by atoms with Gasteiger partial charge in [0.05, 0.1) is 24.3 Å². The van der Waals surface area contributed by atoms with Gasteiger partial charge >= 0.3 is 0 Å². The van der Waals surface area contributed by atoms with E-state index in [0.717, 1.165) is 31.7 Å². The van der Waals surface area contributed by atoms with Crippen molar-refractivity contribution in [2.45, 2.75) is 38.3 Å². The molecule has 1 aromatic carbocycles. The number of nitrogens with zero attached hydrogens (tertiary/aromatic N) is 2. The van der Waals surface area contributed by atoms with Gasteiger partial charge in [0.2, 0.25) is 0 Å². The molecule has 1 heterocycles. The van der Waals surface area contributed by atoms with Gasteiger partial charge in [0.1, 0.15) is 0 Å². The van der Waals surface area contributed by atoms with E-state index in [1.54, 1.807) is 0 Å². The predicted molar refractivity (Wildman–Crippen MR) is 73.8 cm³/mol. The van der Waals surface area contributed by atoms with Crippen LogP contribution in [0.3, 0.4) is 0 Å². The van der Waals surface area contributed by atoms with E-state index >= 15 is 0 Å². The van der Waals surface area contributed by atoms with E-state index in [0.29, 0.717) is 6.04 Å². The first kappa shape index (κ1) is 12.7. The minimum atomic E-state index is 0.164. The number of morpholine rings is 1. The van der Waals surface area contributed by atoms with Gasteiger partial charge in [0.15, 0.2) is 0 Å². The van der Waals surface area contributed by atoms with E-state index in [4.69, 9.17) is 10.00 Å². The fourth-order valence-corrected chi connectivity index (χ4v) is 3.42. The SMILES string of the molecule is CCCN1CCO[C@@H]2c3cc(C#N)ccc3CC[C@H]21. The van der Waals surface area contributed by atoms with Gasteiger partial charge in [-0.1, -0.05) is 13.0 Å². The van der Waals surface area contributed by atoms with Crippen LogP contribution < -0.4 is 0 Å². The van der Waals surface area contributed by atoms with E-state index in [1.807, 2.05) is 12.1 Å². The highest BCUT2D eigenvalue weighted by Gasteiger charge is 2.36. The summed E-state index contributed by atoms with van der Waals surface area (Å²) in [5.74, 6) is 0. The first-order chi connectivity index (χ1) is 9.33. The Morgan fingerprint density at radius 1 is 1.47 bits per heavy atom. The first-order valence-electron chi connectivity index (χ1n) is 7.22. The summed E-state index contributed by atoms with van der Waals surface area (Å²) in [6, 6.07) is 8.79. The number of hydrogen-bond donors (Lipinski definition) is 0. The van der Waals surface area contributed by atoms with E-state index in [-0.39, 0.29) is 6.10 Å². The molecule has 0 saturated carbocycles. The molecule has 19 heavy (non-hydrogen) atoms. The zero-order chi connectivity index (χ0) is 13.2. The number of aryl methyl sites for hydroxylation is 1. The fraction of sp³-hybridized carbons (Fsp3) is 0.562. The normalized spacial score (nSPS) is 26.3. The maximum atomic E-state index is 9.07. The van der Waals surface area contributed by atoms with Crippen molar-refractivity contribution in [1.29, 1.82) is 5.26 Å². The van der Waals surface area contributed by atoms with Gasteiger partial charge < -0.3 is 4.74 Å². The molecule has 0 aromatic heterocycles. The van der Waals surface area contributed by atoms with E-state index in [2.05, 4.69) is 24.0 Å². The highest BCUT2D eigenvalue weighted by Crippen LogP contribution is 2.38. The van der Waals surface area contributed by atoms with Crippen molar-refractivity contribution in [3.63, 3.8) is 0 Å². The average Bonchev–Trinajstić information content (AvgIpc) is 2.47. The van der Waals surface area contributed by atoms with Crippen LogP contribution in [0.4, 0.5) is 0 Å². The van der Waals surface area contributed by atoms with Gasteiger partial charge in [-0.15, -0.1) is 0 Å². The Kier molecular flexibility index (Phi) is 3.54. The lowest BCUT2D eigenvalue weighted by Gasteiger charge is -2.44. The number of benzene rings is 1. The molecule has 1 aliphatic heterocycles. The first-order valence-corrected chi connectivity index (χ1v) is 7.22. The van der Waals surface area contributed by atoms with Gasteiger partial charge in [-0.05, 0) is 49.1 Å². The maximum absolute atomic E-state index is 9.07. The van der Waals surface area contributed by atoms with Crippen molar-refractivity contribution < 1.29 is 4.74 Å². The van der Waals surface area contributed by atoms with Crippen LogP contribution in [-0.2, 0) is 11.2 Å². The Bertz CT molecular complexity index is 504. The van der Waals surface area contributed by atoms with Crippen molar-refractivity contribution in [3.05, 3.63) is 34.9 Å². The molecule has 1 aromatic rings. The van der Waals surface area contributed by atoms with Gasteiger partial charge in [-0.3, -0.25) is 4.90 Å². The minimum Gasteiger partial charge on any atom is -0.371 e. The predicted octanol–water partition coefficient (Wildman–Crippen LogP) is 2.66. The summed E-state index contributed by atoms with van der Waals surface area (Å²) in [6.07, 6.45) is 3.63. The summed E-state index contributed by atoms with van der Waals surface area (Å²) in [5.41, 5.74) is 3.35. The number of hydrogen-bond acceptors (Lipinski definition) is 3. The fourth-order valence-electron chi connectivity index (χ4n) is 3.42. The van der Waals surface area contributed by atoms with Crippen LogP contribution in [0, 0.1) is 11.3 Å². The summed E-state index contributed by atoms with van der Waals surface area (Å²) >= 11 is 0. The van der Waals surface area contributed by atoms with Crippen LogP contribution in [-0.4, -0.2) is 30.6 Å². The molecule has 0 bridgehead atoms. The summed E-state index contributed by atoms with van der Waals surface area (Å²) in [7, 11) is 0. The van der Waals surface area contributed by atoms with Crippen molar-refractivity contribution in [2.24, 2.45) is 0 Å². The minimum absolute atomic E-state index is 0.164. The molecular weight excluding hydrogens is 236 g/mol. The van der Waals surface area contributed by atoms with Crippen molar-refractivity contribution in [2.75, 3.05) is 19.7 Å². The maximum Gasteiger partial charge on any atom is 0.0991 e. The van der Waals surface area contributed by atoms with Crippen LogP contribution in [0.15, 0.2) is 18.2 Å². The number of fused-ring (bicyclic) bond motifs is 3. The number of rotatable bonds is 2. The highest BCUT2D eigenvalue weighted by molar-refractivity contribution is 5.41. The van der Waals surface area contributed by atoms with E-state index < -0.39 is 0 Å². The van der Waals surface area contributed by atoms with E-state index in [1.165, 1.54) is 24.0 Å². The molecule has 0 N–H and O–H groups in total. The molecule has 3 heteroatoms. The molecule has 1 fully saturated rings. The van der Waals surface area contributed by atoms with Gasteiger partial charge in [-0.25, -0.2) is 0 Å². The summed E-state index contributed by atoms with van der Waals surface area (Å²) in [4.78, 5) is 2.57.